The first-order valence-electron chi connectivity index (χ1n) is 5.78. The normalized spacial score (nSPS) is 9.83. The molecule has 96 valence electrons. The summed E-state index contributed by atoms with van der Waals surface area (Å²) in [4.78, 5) is 11.5. The van der Waals surface area contributed by atoms with Gasteiger partial charge in [-0.25, -0.2) is 8.78 Å². The lowest BCUT2D eigenvalue weighted by Gasteiger charge is -2.06. The summed E-state index contributed by atoms with van der Waals surface area (Å²) < 4.78 is 26.5. The zero-order chi connectivity index (χ0) is 13.4. The van der Waals surface area contributed by atoms with Gasteiger partial charge >= 0.3 is 0 Å². The number of carbonyl (C=O) groups excluding carboxylic acids is 1. The van der Waals surface area contributed by atoms with Gasteiger partial charge in [0, 0.05) is 18.5 Å². The van der Waals surface area contributed by atoms with E-state index < -0.39 is 11.6 Å². The van der Waals surface area contributed by atoms with Crippen LogP contribution in [0.25, 0.3) is 0 Å². The van der Waals surface area contributed by atoms with Crippen molar-refractivity contribution < 1.29 is 13.6 Å². The number of terminal acetylenes is 1. The van der Waals surface area contributed by atoms with Gasteiger partial charge in [0.05, 0.1) is 6.42 Å². The van der Waals surface area contributed by atoms with E-state index >= 15 is 0 Å². The van der Waals surface area contributed by atoms with Gasteiger partial charge in [0.1, 0.15) is 11.6 Å². The molecule has 1 N–H and O–H groups in total. The number of halogens is 2. The zero-order valence-electron chi connectivity index (χ0n) is 10.0. The second kappa shape index (κ2) is 7.44. The second-order valence-corrected chi connectivity index (χ2v) is 3.89. The van der Waals surface area contributed by atoms with Crippen LogP contribution in [0.1, 0.15) is 24.8 Å². The summed E-state index contributed by atoms with van der Waals surface area (Å²) in [6.45, 7) is 0.469. The Bertz CT molecular complexity index is 431. The van der Waals surface area contributed by atoms with Crippen LogP contribution in [0.3, 0.4) is 0 Å². The third-order valence-corrected chi connectivity index (χ3v) is 2.47. The lowest BCUT2D eigenvalue weighted by Crippen LogP contribution is -2.26. The molecule has 0 aliphatic carbocycles. The lowest BCUT2D eigenvalue weighted by atomic mass is 10.1. The van der Waals surface area contributed by atoms with Gasteiger partial charge in [0.2, 0.25) is 5.91 Å². The predicted molar refractivity (Wildman–Crippen MR) is 65.8 cm³/mol. The molecule has 1 amide bonds. The summed E-state index contributed by atoms with van der Waals surface area (Å²) >= 11 is 0. The van der Waals surface area contributed by atoms with Crippen LogP contribution < -0.4 is 5.32 Å². The molecule has 0 bridgehead atoms. The number of nitrogens with one attached hydrogen (secondary N) is 1. The SMILES string of the molecule is C#CCCCCNC(=O)Cc1c(F)cccc1F. The molecule has 1 aromatic rings. The Morgan fingerprint density at radius 2 is 1.94 bits per heavy atom. The molecule has 2 nitrogen and oxygen atoms in total. The smallest absolute Gasteiger partial charge is 0.224 e. The number of amides is 1. The monoisotopic (exact) mass is 251 g/mol. The van der Waals surface area contributed by atoms with Gasteiger partial charge in [-0.1, -0.05) is 6.07 Å². The minimum atomic E-state index is -0.697. The van der Waals surface area contributed by atoms with Crippen LogP contribution in [0.2, 0.25) is 0 Å². The maximum Gasteiger partial charge on any atom is 0.224 e. The van der Waals surface area contributed by atoms with Gasteiger partial charge in [-0.05, 0) is 25.0 Å². The fraction of sp³-hybridized carbons (Fsp3) is 0.357. The Morgan fingerprint density at radius 1 is 1.28 bits per heavy atom. The number of hydrogen-bond acceptors (Lipinski definition) is 1. The number of carbonyl (C=O) groups is 1. The molecule has 0 aliphatic heterocycles. The van der Waals surface area contributed by atoms with E-state index in [2.05, 4.69) is 11.2 Å². The average Bonchev–Trinajstić information content (AvgIpc) is 2.34. The Labute approximate surface area is 105 Å². The van der Waals surface area contributed by atoms with E-state index in [-0.39, 0.29) is 17.9 Å². The van der Waals surface area contributed by atoms with Gasteiger partial charge in [-0.3, -0.25) is 4.79 Å². The Kier molecular flexibility index (Phi) is 5.86. The average molecular weight is 251 g/mol. The van der Waals surface area contributed by atoms with Crippen LogP contribution in [0.15, 0.2) is 18.2 Å². The summed E-state index contributed by atoms with van der Waals surface area (Å²) in [6, 6.07) is 3.54. The van der Waals surface area contributed by atoms with Crippen molar-refractivity contribution in [1.29, 1.82) is 0 Å². The van der Waals surface area contributed by atoms with Crippen molar-refractivity contribution in [3.05, 3.63) is 35.4 Å². The summed E-state index contributed by atoms with van der Waals surface area (Å²) in [5.74, 6) is 0.716. The van der Waals surface area contributed by atoms with Crippen LogP contribution in [-0.4, -0.2) is 12.5 Å². The molecule has 0 radical (unpaired) electrons. The van der Waals surface area contributed by atoms with Gasteiger partial charge in [-0.2, -0.15) is 0 Å². The van der Waals surface area contributed by atoms with Gasteiger partial charge < -0.3 is 5.32 Å². The molecule has 0 saturated heterocycles. The first-order chi connectivity index (χ1) is 8.65. The highest BCUT2D eigenvalue weighted by atomic mass is 19.1. The maximum atomic E-state index is 13.3. The minimum Gasteiger partial charge on any atom is -0.356 e. The summed E-state index contributed by atoms with van der Waals surface area (Å²) in [6.07, 6.45) is 7.05. The molecule has 0 aromatic heterocycles. The molecule has 1 rings (SSSR count). The Balaban J connectivity index is 2.39. The number of unbranched alkanes of at least 4 members (excludes halogenated alkanes) is 2. The van der Waals surface area contributed by atoms with Crippen molar-refractivity contribution in [3.63, 3.8) is 0 Å². The van der Waals surface area contributed by atoms with Crippen LogP contribution >= 0.6 is 0 Å². The van der Waals surface area contributed by atoms with Crippen LogP contribution in [0.4, 0.5) is 8.78 Å². The fourth-order valence-corrected chi connectivity index (χ4v) is 1.50. The molecular weight excluding hydrogens is 236 g/mol. The molecule has 1 aromatic carbocycles. The molecule has 0 unspecified atom stereocenters. The number of hydrogen-bond donors (Lipinski definition) is 1. The van der Waals surface area contributed by atoms with Crippen molar-refractivity contribution in [3.8, 4) is 12.3 Å². The van der Waals surface area contributed by atoms with E-state index in [1.807, 2.05) is 0 Å². The van der Waals surface area contributed by atoms with E-state index in [0.717, 1.165) is 25.0 Å². The van der Waals surface area contributed by atoms with Crippen molar-refractivity contribution >= 4 is 5.91 Å². The van der Waals surface area contributed by atoms with Crippen molar-refractivity contribution in [2.45, 2.75) is 25.7 Å². The highest BCUT2D eigenvalue weighted by Crippen LogP contribution is 2.12. The van der Waals surface area contributed by atoms with Gasteiger partial charge in [0.25, 0.3) is 0 Å². The van der Waals surface area contributed by atoms with E-state index in [1.54, 1.807) is 0 Å². The lowest BCUT2D eigenvalue weighted by molar-refractivity contribution is -0.120. The third-order valence-electron chi connectivity index (χ3n) is 2.47. The van der Waals surface area contributed by atoms with Crippen LogP contribution in [0.5, 0.6) is 0 Å². The minimum absolute atomic E-state index is 0.196. The van der Waals surface area contributed by atoms with Gasteiger partial charge in [0.15, 0.2) is 0 Å². The van der Waals surface area contributed by atoms with Crippen LogP contribution in [-0.2, 0) is 11.2 Å². The van der Waals surface area contributed by atoms with E-state index in [1.165, 1.54) is 6.07 Å². The van der Waals surface area contributed by atoms with Crippen LogP contribution in [0, 0.1) is 24.0 Å². The number of rotatable bonds is 6. The molecule has 0 spiro atoms. The topological polar surface area (TPSA) is 29.1 Å². The highest BCUT2D eigenvalue weighted by Gasteiger charge is 2.12. The molecule has 4 heteroatoms. The molecular formula is C14H15F2NO. The first kappa shape index (κ1) is 14.2. The van der Waals surface area contributed by atoms with Gasteiger partial charge in [-0.15, -0.1) is 12.3 Å². The Morgan fingerprint density at radius 3 is 2.56 bits per heavy atom. The van der Waals surface area contributed by atoms with E-state index in [0.29, 0.717) is 13.0 Å². The second-order valence-electron chi connectivity index (χ2n) is 3.89. The van der Waals surface area contributed by atoms with E-state index in [4.69, 9.17) is 6.42 Å². The first-order valence-corrected chi connectivity index (χ1v) is 5.78. The molecule has 0 heterocycles. The Hall–Kier alpha value is -1.89. The standard InChI is InChI=1S/C14H15F2NO/c1-2-3-4-5-9-17-14(18)10-11-12(15)7-6-8-13(11)16/h1,6-8H,3-5,9-10H2,(H,17,18). The van der Waals surface area contributed by atoms with E-state index in [9.17, 15) is 13.6 Å². The zero-order valence-corrected chi connectivity index (χ0v) is 10.0. The highest BCUT2D eigenvalue weighted by molar-refractivity contribution is 5.78. The summed E-state index contributed by atoms with van der Waals surface area (Å²) in [5.41, 5.74) is -0.196. The molecule has 0 aliphatic rings. The molecule has 18 heavy (non-hydrogen) atoms. The maximum absolute atomic E-state index is 13.3. The number of benzene rings is 1. The largest absolute Gasteiger partial charge is 0.356 e. The predicted octanol–water partition coefficient (Wildman–Crippen LogP) is 2.43. The molecule has 0 fully saturated rings. The molecule has 0 atom stereocenters. The summed E-state index contributed by atoms with van der Waals surface area (Å²) in [7, 11) is 0. The third kappa shape index (κ3) is 4.54. The molecule has 0 saturated carbocycles. The van der Waals surface area contributed by atoms with Crippen molar-refractivity contribution in [1.82, 2.24) is 5.32 Å². The quantitative estimate of drug-likeness (QED) is 0.610. The fourth-order valence-electron chi connectivity index (χ4n) is 1.50. The van der Waals surface area contributed by atoms with Crippen molar-refractivity contribution in [2.75, 3.05) is 6.54 Å². The van der Waals surface area contributed by atoms with Crippen molar-refractivity contribution in [2.24, 2.45) is 0 Å². The summed E-state index contributed by atoms with van der Waals surface area (Å²) in [5, 5.41) is 2.60.